The number of nitrogens with one attached hydrogen (secondary N) is 1. The fraction of sp³-hybridized carbons (Fsp3) is 0. The standard InChI is InChI=1S/C25H16BrN5O/c26-17-6-5-7-18(15-17)29-25(32)16-10-11-19-22(14-16)31-24(21-9-2-4-13-28-21)23(30-19)20-8-1-3-12-27-20/h1-15H,(H,29,32). The lowest BCUT2D eigenvalue weighted by molar-refractivity contribution is 0.102. The van der Waals surface area contributed by atoms with Crippen LogP contribution in [0.5, 0.6) is 0 Å². The predicted octanol–water partition coefficient (Wildman–Crippen LogP) is 5.77. The van der Waals surface area contributed by atoms with E-state index in [9.17, 15) is 4.79 Å². The van der Waals surface area contributed by atoms with Gasteiger partial charge in [-0.1, -0.05) is 34.1 Å². The van der Waals surface area contributed by atoms with E-state index >= 15 is 0 Å². The van der Waals surface area contributed by atoms with Gasteiger partial charge in [0.1, 0.15) is 11.4 Å². The van der Waals surface area contributed by atoms with Crippen molar-refractivity contribution in [2.75, 3.05) is 5.32 Å². The summed E-state index contributed by atoms with van der Waals surface area (Å²) in [4.78, 5) is 31.4. The van der Waals surface area contributed by atoms with Gasteiger partial charge in [-0.3, -0.25) is 14.8 Å². The van der Waals surface area contributed by atoms with Crippen LogP contribution in [0, 0.1) is 0 Å². The van der Waals surface area contributed by atoms with Gasteiger partial charge in [0, 0.05) is 28.1 Å². The zero-order valence-corrected chi connectivity index (χ0v) is 18.3. The summed E-state index contributed by atoms with van der Waals surface area (Å²) in [6.45, 7) is 0. The smallest absolute Gasteiger partial charge is 0.255 e. The minimum Gasteiger partial charge on any atom is -0.322 e. The number of amides is 1. The molecule has 2 aromatic carbocycles. The number of halogens is 1. The molecular formula is C25H16BrN5O. The largest absolute Gasteiger partial charge is 0.322 e. The first-order valence-corrected chi connectivity index (χ1v) is 10.7. The van der Waals surface area contributed by atoms with Crippen molar-refractivity contribution in [3.63, 3.8) is 0 Å². The minimum absolute atomic E-state index is 0.222. The second kappa shape index (κ2) is 8.64. The summed E-state index contributed by atoms with van der Waals surface area (Å²) >= 11 is 3.42. The van der Waals surface area contributed by atoms with Crippen molar-refractivity contribution in [2.24, 2.45) is 0 Å². The highest BCUT2D eigenvalue weighted by atomic mass is 79.9. The van der Waals surface area contributed by atoms with E-state index in [4.69, 9.17) is 9.97 Å². The van der Waals surface area contributed by atoms with Gasteiger partial charge >= 0.3 is 0 Å². The van der Waals surface area contributed by atoms with Crippen LogP contribution in [0.25, 0.3) is 33.8 Å². The topological polar surface area (TPSA) is 80.7 Å². The second-order valence-electron chi connectivity index (χ2n) is 7.02. The average Bonchev–Trinajstić information content (AvgIpc) is 2.84. The monoisotopic (exact) mass is 481 g/mol. The molecule has 3 aromatic heterocycles. The summed E-state index contributed by atoms with van der Waals surface area (Å²) in [5, 5.41) is 2.91. The van der Waals surface area contributed by atoms with Crippen LogP contribution in [0.3, 0.4) is 0 Å². The van der Waals surface area contributed by atoms with Crippen LogP contribution < -0.4 is 5.32 Å². The minimum atomic E-state index is -0.222. The summed E-state index contributed by atoms with van der Waals surface area (Å²) in [7, 11) is 0. The van der Waals surface area contributed by atoms with Crippen molar-refractivity contribution in [3.05, 3.63) is 101 Å². The van der Waals surface area contributed by atoms with Gasteiger partial charge in [-0.2, -0.15) is 0 Å². The Balaban J connectivity index is 1.59. The van der Waals surface area contributed by atoms with Crippen molar-refractivity contribution < 1.29 is 4.79 Å². The molecule has 154 valence electrons. The van der Waals surface area contributed by atoms with Gasteiger partial charge in [0.2, 0.25) is 0 Å². The highest BCUT2D eigenvalue weighted by Gasteiger charge is 2.16. The van der Waals surface area contributed by atoms with Gasteiger partial charge in [0.15, 0.2) is 0 Å². The van der Waals surface area contributed by atoms with E-state index in [1.807, 2.05) is 60.7 Å². The Morgan fingerprint density at radius 2 is 1.41 bits per heavy atom. The molecule has 0 aliphatic heterocycles. The lowest BCUT2D eigenvalue weighted by Gasteiger charge is -2.10. The number of anilines is 1. The third-order valence-electron chi connectivity index (χ3n) is 4.82. The van der Waals surface area contributed by atoms with E-state index in [1.54, 1.807) is 30.6 Å². The van der Waals surface area contributed by atoms with E-state index < -0.39 is 0 Å². The number of rotatable bonds is 4. The Kier molecular flexibility index (Phi) is 5.39. The first-order valence-electron chi connectivity index (χ1n) is 9.89. The van der Waals surface area contributed by atoms with Gasteiger partial charge in [0.05, 0.1) is 22.4 Å². The van der Waals surface area contributed by atoms with Crippen LogP contribution in [-0.4, -0.2) is 25.8 Å². The van der Waals surface area contributed by atoms with E-state index in [1.165, 1.54) is 0 Å². The van der Waals surface area contributed by atoms with Crippen LogP contribution in [0.1, 0.15) is 10.4 Å². The van der Waals surface area contributed by atoms with Crippen molar-refractivity contribution in [1.29, 1.82) is 0 Å². The second-order valence-corrected chi connectivity index (χ2v) is 7.93. The molecule has 6 nitrogen and oxygen atoms in total. The molecule has 1 amide bonds. The summed E-state index contributed by atoms with van der Waals surface area (Å²) in [5.74, 6) is -0.222. The van der Waals surface area contributed by atoms with Gasteiger partial charge in [-0.05, 0) is 60.7 Å². The Morgan fingerprint density at radius 1 is 0.719 bits per heavy atom. The van der Waals surface area contributed by atoms with Crippen LogP contribution in [0.15, 0.2) is 95.7 Å². The van der Waals surface area contributed by atoms with Crippen molar-refractivity contribution in [2.45, 2.75) is 0 Å². The summed E-state index contributed by atoms with van der Waals surface area (Å²) < 4.78 is 0.890. The molecule has 1 N–H and O–H groups in total. The normalized spacial score (nSPS) is 10.8. The fourth-order valence-corrected chi connectivity index (χ4v) is 3.73. The molecule has 0 saturated carbocycles. The van der Waals surface area contributed by atoms with Crippen LogP contribution in [0.2, 0.25) is 0 Å². The van der Waals surface area contributed by atoms with Gasteiger partial charge in [-0.25, -0.2) is 9.97 Å². The van der Waals surface area contributed by atoms with Gasteiger partial charge < -0.3 is 5.32 Å². The number of carbonyl (C=O) groups is 1. The highest BCUT2D eigenvalue weighted by Crippen LogP contribution is 2.29. The molecule has 5 aromatic rings. The number of pyridine rings is 2. The Hall–Kier alpha value is -3.97. The molecule has 0 bridgehead atoms. The Labute approximate surface area is 192 Å². The molecule has 0 spiro atoms. The van der Waals surface area contributed by atoms with Crippen molar-refractivity contribution >= 4 is 38.6 Å². The van der Waals surface area contributed by atoms with Gasteiger partial charge in [0.25, 0.3) is 5.91 Å². The lowest BCUT2D eigenvalue weighted by Crippen LogP contribution is -2.12. The molecule has 0 aliphatic rings. The van der Waals surface area contributed by atoms with Crippen LogP contribution in [-0.2, 0) is 0 Å². The maximum absolute atomic E-state index is 12.8. The summed E-state index contributed by atoms with van der Waals surface area (Å²) in [6, 6.07) is 24.0. The first-order chi connectivity index (χ1) is 15.7. The lowest BCUT2D eigenvalue weighted by atomic mass is 10.1. The molecule has 0 unspecified atom stereocenters. The molecule has 0 aliphatic carbocycles. The number of fused-ring (bicyclic) bond motifs is 1. The van der Waals surface area contributed by atoms with Crippen LogP contribution >= 0.6 is 15.9 Å². The molecular weight excluding hydrogens is 466 g/mol. The van der Waals surface area contributed by atoms with E-state index in [0.29, 0.717) is 45.1 Å². The third-order valence-corrected chi connectivity index (χ3v) is 5.32. The summed E-state index contributed by atoms with van der Waals surface area (Å²) in [6.07, 6.45) is 3.43. The number of hydrogen-bond donors (Lipinski definition) is 1. The molecule has 0 radical (unpaired) electrons. The zero-order valence-electron chi connectivity index (χ0n) is 16.7. The van der Waals surface area contributed by atoms with Crippen molar-refractivity contribution in [3.8, 4) is 22.8 Å². The van der Waals surface area contributed by atoms with Crippen LogP contribution in [0.4, 0.5) is 5.69 Å². The maximum Gasteiger partial charge on any atom is 0.255 e. The summed E-state index contributed by atoms with van der Waals surface area (Å²) in [5.41, 5.74) is 5.12. The Morgan fingerprint density at radius 3 is 2.03 bits per heavy atom. The average molecular weight is 482 g/mol. The number of nitrogens with zero attached hydrogens (tertiary/aromatic N) is 4. The third kappa shape index (κ3) is 4.10. The quantitative estimate of drug-likeness (QED) is 0.352. The Bertz CT molecular complexity index is 1420. The molecule has 0 fully saturated rings. The highest BCUT2D eigenvalue weighted by molar-refractivity contribution is 9.10. The number of carbonyl (C=O) groups excluding carboxylic acids is 1. The first kappa shape index (κ1) is 20.0. The van der Waals surface area contributed by atoms with E-state index in [-0.39, 0.29) is 5.91 Å². The fourth-order valence-electron chi connectivity index (χ4n) is 3.33. The SMILES string of the molecule is O=C(Nc1cccc(Br)c1)c1ccc2nc(-c3ccccn3)c(-c3ccccn3)nc2c1. The molecule has 0 saturated heterocycles. The molecule has 5 rings (SSSR count). The maximum atomic E-state index is 12.8. The van der Waals surface area contributed by atoms with Gasteiger partial charge in [-0.15, -0.1) is 0 Å². The molecule has 3 heterocycles. The van der Waals surface area contributed by atoms with E-state index in [2.05, 4.69) is 31.2 Å². The molecule has 0 atom stereocenters. The number of aromatic nitrogens is 4. The number of benzene rings is 2. The predicted molar refractivity (Wildman–Crippen MR) is 128 cm³/mol. The van der Waals surface area contributed by atoms with Crippen molar-refractivity contribution in [1.82, 2.24) is 19.9 Å². The molecule has 7 heteroatoms. The zero-order chi connectivity index (χ0) is 21.9. The van der Waals surface area contributed by atoms with E-state index in [0.717, 1.165) is 4.47 Å². The number of hydrogen-bond acceptors (Lipinski definition) is 5. The molecule has 32 heavy (non-hydrogen) atoms.